The third-order valence-electron chi connectivity index (χ3n) is 3.52. The Morgan fingerprint density at radius 3 is 1.40 bits per heavy atom. The quantitative estimate of drug-likeness (QED) is 0.533. The van der Waals surface area contributed by atoms with Crippen molar-refractivity contribution in [3.05, 3.63) is 59.2 Å². The lowest BCUT2D eigenvalue weighted by atomic mass is 9.87. The van der Waals surface area contributed by atoms with E-state index in [1.165, 1.54) is 12.1 Å². The molecule has 0 heterocycles. The van der Waals surface area contributed by atoms with Gasteiger partial charge in [-0.1, -0.05) is 32.9 Å². The summed E-state index contributed by atoms with van der Waals surface area (Å²) >= 11 is 0. The minimum absolute atomic E-state index is 0.0650. The predicted molar refractivity (Wildman–Crippen MR) is 81.7 cm³/mol. The van der Waals surface area contributed by atoms with Gasteiger partial charge in [-0.05, 0) is 41.3 Å². The number of hydrogen-bond donors (Lipinski definition) is 0. The lowest BCUT2D eigenvalue weighted by molar-refractivity contribution is -0.143. The summed E-state index contributed by atoms with van der Waals surface area (Å²) in [4.78, 5) is 0. The Balaban J connectivity index is 2.38. The Morgan fingerprint density at radius 2 is 1.04 bits per heavy atom. The van der Waals surface area contributed by atoms with Crippen molar-refractivity contribution in [1.82, 2.24) is 0 Å². The van der Waals surface area contributed by atoms with E-state index < -0.39 is 29.2 Å². The zero-order valence-corrected chi connectivity index (χ0v) is 13.7. The first-order valence-electron chi connectivity index (χ1n) is 7.35. The minimum atomic E-state index is -4.91. The van der Waals surface area contributed by atoms with Crippen LogP contribution in [0.3, 0.4) is 0 Å². The summed E-state index contributed by atoms with van der Waals surface area (Å²) in [7, 11) is 0. The van der Waals surface area contributed by atoms with Crippen molar-refractivity contribution in [2.45, 2.75) is 38.5 Å². The van der Waals surface area contributed by atoms with Gasteiger partial charge in [0, 0.05) is 0 Å². The second kappa shape index (κ2) is 6.28. The molecule has 2 rings (SSSR count). The number of ether oxygens (including phenoxy) is 1. The van der Waals surface area contributed by atoms with Crippen LogP contribution in [-0.4, -0.2) is 0 Å². The summed E-state index contributed by atoms with van der Waals surface area (Å²) in [6.07, 6.45) is -9.81. The fourth-order valence-corrected chi connectivity index (χ4v) is 2.14. The minimum Gasteiger partial charge on any atom is -0.457 e. The summed E-state index contributed by atoms with van der Waals surface area (Å²) in [5.74, 6) is -0.369. The number of benzene rings is 2. The van der Waals surface area contributed by atoms with Gasteiger partial charge in [-0.15, -0.1) is 0 Å². The Labute approximate surface area is 141 Å². The molecule has 0 spiro atoms. The lowest BCUT2D eigenvalue weighted by Crippen LogP contribution is -2.11. The third kappa shape index (κ3) is 4.90. The number of halogens is 6. The van der Waals surface area contributed by atoms with Crippen molar-refractivity contribution in [1.29, 1.82) is 0 Å². The van der Waals surface area contributed by atoms with Crippen LogP contribution in [0.4, 0.5) is 26.3 Å². The van der Waals surface area contributed by atoms with E-state index in [1.807, 2.05) is 20.8 Å². The van der Waals surface area contributed by atoms with E-state index >= 15 is 0 Å². The van der Waals surface area contributed by atoms with Gasteiger partial charge in [0.1, 0.15) is 11.5 Å². The third-order valence-corrected chi connectivity index (χ3v) is 3.52. The van der Waals surface area contributed by atoms with Crippen molar-refractivity contribution in [3.63, 3.8) is 0 Å². The lowest BCUT2D eigenvalue weighted by Gasteiger charge is -2.19. The highest BCUT2D eigenvalue weighted by Crippen LogP contribution is 2.39. The molecule has 0 aliphatic rings. The van der Waals surface area contributed by atoms with Crippen LogP contribution in [0.5, 0.6) is 11.5 Å². The van der Waals surface area contributed by atoms with Crippen molar-refractivity contribution >= 4 is 0 Å². The molecule has 0 saturated heterocycles. The molecule has 25 heavy (non-hydrogen) atoms. The van der Waals surface area contributed by atoms with E-state index in [2.05, 4.69) is 0 Å². The van der Waals surface area contributed by atoms with Crippen LogP contribution < -0.4 is 4.74 Å². The highest BCUT2D eigenvalue weighted by atomic mass is 19.4. The van der Waals surface area contributed by atoms with E-state index in [0.717, 1.165) is 5.56 Å². The van der Waals surface area contributed by atoms with Crippen LogP contribution in [0.2, 0.25) is 0 Å². The van der Waals surface area contributed by atoms with Gasteiger partial charge in [-0.3, -0.25) is 0 Å². The zero-order chi connectivity index (χ0) is 19.0. The molecule has 0 bridgehead atoms. The first-order valence-corrected chi connectivity index (χ1v) is 7.35. The van der Waals surface area contributed by atoms with Gasteiger partial charge in [0.2, 0.25) is 0 Å². The van der Waals surface area contributed by atoms with Crippen molar-refractivity contribution in [2.75, 3.05) is 0 Å². The topological polar surface area (TPSA) is 9.23 Å². The molecular weight excluding hydrogens is 346 g/mol. The monoisotopic (exact) mass is 362 g/mol. The SMILES string of the molecule is CC(C)(C)c1ccc(Oc2cc(C(F)(F)F)cc(C(F)(F)F)c2)cc1. The van der Waals surface area contributed by atoms with Crippen LogP contribution >= 0.6 is 0 Å². The van der Waals surface area contributed by atoms with E-state index in [1.54, 1.807) is 12.1 Å². The first kappa shape index (κ1) is 19.1. The van der Waals surface area contributed by atoms with Crippen molar-refractivity contribution in [3.8, 4) is 11.5 Å². The molecule has 0 unspecified atom stereocenters. The first-order chi connectivity index (χ1) is 11.3. The molecule has 7 heteroatoms. The molecule has 0 N–H and O–H groups in total. The zero-order valence-electron chi connectivity index (χ0n) is 13.7. The predicted octanol–water partition coefficient (Wildman–Crippen LogP) is 6.81. The van der Waals surface area contributed by atoms with Crippen LogP contribution in [0.1, 0.15) is 37.5 Å². The molecule has 0 fully saturated rings. The van der Waals surface area contributed by atoms with Gasteiger partial charge in [-0.25, -0.2) is 0 Å². The van der Waals surface area contributed by atoms with Crippen LogP contribution in [0.25, 0.3) is 0 Å². The standard InChI is InChI=1S/C18H16F6O/c1-16(2,3)11-4-6-14(7-5-11)25-15-9-12(17(19,20)21)8-13(10-15)18(22,23)24/h4-10H,1-3H3. The molecule has 0 aliphatic heterocycles. The molecule has 1 nitrogen and oxygen atoms in total. The van der Waals surface area contributed by atoms with Gasteiger partial charge in [0.15, 0.2) is 0 Å². The maximum atomic E-state index is 12.8. The van der Waals surface area contributed by atoms with Crippen molar-refractivity contribution in [2.24, 2.45) is 0 Å². The second-order valence-corrected chi connectivity index (χ2v) is 6.62. The normalized spacial score (nSPS) is 13.0. The van der Waals surface area contributed by atoms with Gasteiger partial charge in [0.25, 0.3) is 0 Å². The number of alkyl halides is 6. The highest BCUT2D eigenvalue weighted by Gasteiger charge is 2.37. The van der Waals surface area contributed by atoms with E-state index in [9.17, 15) is 26.3 Å². The number of rotatable bonds is 2. The van der Waals surface area contributed by atoms with Crippen LogP contribution in [0, 0.1) is 0 Å². The van der Waals surface area contributed by atoms with E-state index in [-0.39, 0.29) is 17.2 Å². The summed E-state index contributed by atoms with van der Waals surface area (Å²) in [5.41, 5.74) is -2.01. The summed E-state index contributed by atoms with van der Waals surface area (Å²) < 4.78 is 82.2. The summed E-state index contributed by atoms with van der Waals surface area (Å²) in [6.45, 7) is 5.93. The van der Waals surface area contributed by atoms with Crippen molar-refractivity contribution < 1.29 is 31.1 Å². The number of hydrogen-bond acceptors (Lipinski definition) is 1. The van der Waals surface area contributed by atoms with Gasteiger partial charge in [0.05, 0.1) is 11.1 Å². The largest absolute Gasteiger partial charge is 0.457 e. The Kier molecular flexibility index (Phi) is 4.81. The molecule has 2 aromatic rings. The van der Waals surface area contributed by atoms with E-state index in [0.29, 0.717) is 12.1 Å². The smallest absolute Gasteiger partial charge is 0.416 e. The maximum Gasteiger partial charge on any atom is 0.416 e. The summed E-state index contributed by atoms with van der Waals surface area (Å²) in [6, 6.07) is 7.61. The summed E-state index contributed by atoms with van der Waals surface area (Å²) in [5, 5.41) is 0. The second-order valence-electron chi connectivity index (χ2n) is 6.62. The molecule has 0 saturated carbocycles. The van der Waals surface area contributed by atoms with Gasteiger partial charge >= 0.3 is 12.4 Å². The molecule has 0 radical (unpaired) electrons. The molecule has 0 aromatic heterocycles. The average Bonchev–Trinajstić information content (AvgIpc) is 2.44. The van der Waals surface area contributed by atoms with E-state index in [4.69, 9.17) is 4.74 Å². The molecule has 0 amide bonds. The van der Waals surface area contributed by atoms with Crippen LogP contribution in [-0.2, 0) is 17.8 Å². The molecule has 0 aliphatic carbocycles. The average molecular weight is 362 g/mol. The fraction of sp³-hybridized carbons (Fsp3) is 0.333. The maximum absolute atomic E-state index is 12.8. The molecule has 2 aromatic carbocycles. The molecule has 136 valence electrons. The van der Waals surface area contributed by atoms with Gasteiger partial charge < -0.3 is 4.74 Å². The Bertz CT molecular complexity index is 704. The Morgan fingerprint density at radius 1 is 0.600 bits per heavy atom. The van der Waals surface area contributed by atoms with Crippen LogP contribution in [0.15, 0.2) is 42.5 Å². The molecule has 0 atom stereocenters. The molecular formula is C18H16F6O. The van der Waals surface area contributed by atoms with Gasteiger partial charge in [-0.2, -0.15) is 26.3 Å². The Hall–Kier alpha value is -2.18. The highest BCUT2D eigenvalue weighted by molar-refractivity contribution is 5.41. The fourth-order valence-electron chi connectivity index (χ4n) is 2.14.